The predicted octanol–water partition coefficient (Wildman–Crippen LogP) is 7.35. The van der Waals surface area contributed by atoms with Crippen LogP contribution in [0.3, 0.4) is 0 Å². The van der Waals surface area contributed by atoms with E-state index in [1.165, 1.54) is 6.26 Å². The normalized spacial score (nSPS) is 20.1. The van der Waals surface area contributed by atoms with Gasteiger partial charge in [0.1, 0.15) is 22.4 Å². The fourth-order valence-electron chi connectivity index (χ4n) is 4.06. The number of nitrogens with zero attached hydrogens (tertiary/aromatic N) is 4. The molecule has 1 fully saturated rings. The molecular formula is C22H16BrCl2F3N4OS2. The number of benzene rings is 1. The van der Waals surface area contributed by atoms with Crippen LogP contribution in [0.5, 0.6) is 0 Å². The van der Waals surface area contributed by atoms with Crippen molar-refractivity contribution in [3.05, 3.63) is 61.7 Å². The summed E-state index contributed by atoms with van der Waals surface area (Å²) in [5.74, 6) is -0.208. The quantitative estimate of drug-likeness (QED) is 0.279. The molecule has 0 aliphatic heterocycles. The van der Waals surface area contributed by atoms with Crippen LogP contribution in [-0.2, 0) is 16.6 Å². The van der Waals surface area contributed by atoms with Gasteiger partial charge < -0.3 is 4.55 Å². The maximum Gasteiger partial charge on any atom is 0.400 e. The van der Waals surface area contributed by atoms with E-state index in [-0.39, 0.29) is 34.5 Å². The van der Waals surface area contributed by atoms with Crippen LogP contribution in [-0.4, -0.2) is 37.0 Å². The Morgan fingerprint density at radius 2 is 2.00 bits per heavy atom. The third-order valence-electron chi connectivity index (χ3n) is 6.04. The fraction of sp³-hybridized carbons (Fsp3) is 0.318. The smallest absolute Gasteiger partial charge is 0.400 e. The van der Waals surface area contributed by atoms with Gasteiger partial charge in [-0.3, -0.25) is 0 Å². The van der Waals surface area contributed by atoms with Gasteiger partial charge >= 0.3 is 6.18 Å². The molecule has 2 aromatic heterocycles. The van der Waals surface area contributed by atoms with Gasteiger partial charge in [-0.2, -0.15) is 18.3 Å². The lowest BCUT2D eigenvalue weighted by molar-refractivity contribution is -0.160. The summed E-state index contributed by atoms with van der Waals surface area (Å²) in [7, 11) is 0. The zero-order chi connectivity index (χ0) is 25.1. The molecule has 2 aliphatic rings. The predicted molar refractivity (Wildman–Crippen MR) is 135 cm³/mol. The van der Waals surface area contributed by atoms with Crippen molar-refractivity contribution in [3.8, 4) is 16.4 Å². The molecule has 0 amide bonds. The number of alkyl halides is 3. The average molecular weight is 624 g/mol. The molecule has 2 atom stereocenters. The Balaban J connectivity index is 1.70. The van der Waals surface area contributed by atoms with Crippen molar-refractivity contribution in [2.24, 2.45) is 0 Å². The molecule has 5 rings (SSSR count). The topological polar surface area (TPSA) is 66.7 Å². The SMILES string of the molecule is C[S+]([O-])c1c(-c2nnc(C3(C(F)(F)F)CC3)s2)nn(-c2ccc(Cl)cc2Cl)c1C1C=CC(Br)=CC1. The fourth-order valence-corrected chi connectivity index (χ4v) is 6.99. The highest BCUT2D eigenvalue weighted by molar-refractivity contribution is 9.11. The van der Waals surface area contributed by atoms with Crippen molar-refractivity contribution in [2.75, 3.05) is 6.26 Å². The highest BCUT2D eigenvalue weighted by Gasteiger charge is 2.66. The molecule has 2 heterocycles. The number of halogens is 6. The molecule has 2 aliphatic carbocycles. The molecule has 0 spiro atoms. The van der Waals surface area contributed by atoms with Crippen molar-refractivity contribution < 1.29 is 17.7 Å². The minimum Gasteiger partial charge on any atom is -0.612 e. The summed E-state index contributed by atoms with van der Waals surface area (Å²) in [6.07, 6.45) is 3.48. The van der Waals surface area contributed by atoms with Crippen LogP contribution in [0.25, 0.3) is 16.4 Å². The summed E-state index contributed by atoms with van der Waals surface area (Å²) >= 11 is 15.3. The first-order valence-corrected chi connectivity index (χ1v) is 14.3. The molecule has 184 valence electrons. The first kappa shape index (κ1) is 25.3. The van der Waals surface area contributed by atoms with Crippen LogP contribution in [0.4, 0.5) is 13.2 Å². The second kappa shape index (κ2) is 9.18. The molecule has 5 nitrogen and oxygen atoms in total. The monoisotopic (exact) mass is 622 g/mol. The molecular weight excluding hydrogens is 608 g/mol. The molecule has 13 heteroatoms. The molecule has 1 saturated carbocycles. The minimum atomic E-state index is -4.41. The van der Waals surface area contributed by atoms with Gasteiger partial charge in [0.15, 0.2) is 10.7 Å². The Kier molecular flexibility index (Phi) is 6.63. The largest absolute Gasteiger partial charge is 0.612 e. The maximum atomic E-state index is 13.7. The Morgan fingerprint density at radius 3 is 2.57 bits per heavy atom. The zero-order valence-electron chi connectivity index (χ0n) is 17.9. The molecule has 1 aromatic carbocycles. The summed E-state index contributed by atoms with van der Waals surface area (Å²) in [4.78, 5) is 0.386. The van der Waals surface area contributed by atoms with E-state index in [2.05, 4.69) is 26.1 Å². The van der Waals surface area contributed by atoms with Gasteiger partial charge in [0.2, 0.25) is 4.90 Å². The molecule has 0 bridgehead atoms. The lowest BCUT2D eigenvalue weighted by Crippen LogP contribution is -2.28. The van der Waals surface area contributed by atoms with E-state index in [4.69, 9.17) is 28.3 Å². The van der Waals surface area contributed by atoms with Crippen molar-refractivity contribution in [1.29, 1.82) is 0 Å². The molecule has 2 unspecified atom stereocenters. The Morgan fingerprint density at radius 1 is 1.26 bits per heavy atom. The third kappa shape index (κ3) is 4.48. The molecule has 3 aromatic rings. The first-order chi connectivity index (χ1) is 16.5. The molecule has 0 radical (unpaired) electrons. The summed E-state index contributed by atoms with van der Waals surface area (Å²) in [5.41, 5.74) is -0.603. The lowest BCUT2D eigenvalue weighted by atomic mass is 9.96. The second-order valence-corrected chi connectivity index (χ2v) is 12.4. The van der Waals surface area contributed by atoms with Crippen LogP contribution in [0.2, 0.25) is 10.0 Å². The van der Waals surface area contributed by atoms with Crippen LogP contribution in [0.15, 0.2) is 45.8 Å². The lowest BCUT2D eigenvalue weighted by Gasteiger charge is -2.18. The van der Waals surface area contributed by atoms with Gasteiger partial charge in [-0.1, -0.05) is 68.7 Å². The average Bonchev–Trinajstić information content (AvgIpc) is 3.30. The van der Waals surface area contributed by atoms with Gasteiger partial charge in [-0.15, -0.1) is 10.2 Å². The third-order valence-corrected chi connectivity index (χ3v) is 9.27. The number of hydrogen-bond acceptors (Lipinski definition) is 5. The van der Waals surface area contributed by atoms with Crippen molar-refractivity contribution >= 4 is 61.6 Å². The van der Waals surface area contributed by atoms with Gasteiger partial charge in [-0.25, -0.2) is 4.68 Å². The Bertz CT molecular complexity index is 1370. The van der Waals surface area contributed by atoms with Gasteiger partial charge in [0.05, 0.1) is 10.7 Å². The summed E-state index contributed by atoms with van der Waals surface area (Å²) in [6, 6.07) is 4.93. The standard InChI is InChI=1S/C22H16BrCl2F3N4OS2/c1-35(33)18-16(19-29-30-20(34-19)21(8-9-21)22(26,27)28)31-32(15-7-6-13(24)10-14(15)25)17(18)11-2-4-12(23)5-3-11/h2,4-7,10-11H,3,8-9H2,1H3. The van der Waals surface area contributed by atoms with E-state index in [0.29, 0.717) is 32.7 Å². The van der Waals surface area contributed by atoms with Gasteiger partial charge in [-0.05, 0) is 48.6 Å². The van der Waals surface area contributed by atoms with Crippen molar-refractivity contribution in [2.45, 2.75) is 41.7 Å². The van der Waals surface area contributed by atoms with Crippen LogP contribution < -0.4 is 0 Å². The van der Waals surface area contributed by atoms with E-state index in [1.54, 1.807) is 22.9 Å². The Labute approximate surface area is 224 Å². The number of allylic oxidation sites excluding steroid dienone is 4. The minimum absolute atomic E-state index is 0.0220. The van der Waals surface area contributed by atoms with Crippen LogP contribution >= 0.6 is 50.5 Å². The van der Waals surface area contributed by atoms with E-state index >= 15 is 0 Å². The summed E-state index contributed by atoms with van der Waals surface area (Å²) in [5, 5.41) is 13.5. The van der Waals surface area contributed by atoms with Crippen LogP contribution in [0, 0.1) is 0 Å². The van der Waals surface area contributed by atoms with Crippen molar-refractivity contribution in [3.63, 3.8) is 0 Å². The zero-order valence-corrected chi connectivity index (χ0v) is 22.7. The first-order valence-electron chi connectivity index (χ1n) is 10.4. The van der Waals surface area contributed by atoms with E-state index < -0.39 is 22.8 Å². The van der Waals surface area contributed by atoms with E-state index in [0.717, 1.165) is 15.8 Å². The van der Waals surface area contributed by atoms with E-state index in [9.17, 15) is 17.7 Å². The summed E-state index contributed by atoms with van der Waals surface area (Å²) < 4.78 is 56.6. The molecule has 0 N–H and O–H groups in total. The highest BCUT2D eigenvalue weighted by atomic mass is 79.9. The maximum absolute atomic E-state index is 13.7. The van der Waals surface area contributed by atoms with Gasteiger partial charge in [0.25, 0.3) is 0 Å². The molecule has 0 saturated heterocycles. The highest BCUT2D eigenvalue weighted by Crippen LogP contribution is 2.60. The van der Waals surface area contributed by atoms with Crippen LogP contribution in [0.1, 0.15) is 35.9 Å². The molecule has 35 heavy (non-hydrogen) atoms. The van der Waals surface area contributed by atoms with Crippen molar-refractivity contribution in [1.82, 2.24) is 20.0 Å². The number of hydrogen-bond donors (Lipinski definition) is 0. The summed E-state index contributed by atoms with van der Waals surface area (Å²) in [6.45, 7) is 0. The van der Waals surface area contributed by atoms with Gasteiger partial charge in [0, 0.05) is 15.4 Å². The number of rotatable bonds is 5. The van der Waals surface area contributed by atoms with E-state index in [1.807, 2.05) is 18.2 Å². The number of aromatic nitrogens is 4. The Hall–Kier alpha value is -1.37. The second-order valence-electron chi connectivity index (χ2n) is 8.31.